The molecule has 8 heteroatoms. The maximum Gasteiger partial charge on any atom is 0.417 e. The van der Waals surface area contributed by atoms with Crippen LogP contribution in [-0.2, 0) is 6.18 Å². The van der Waals surface area contributed by atoms with E-state index in [1.54, 1.807) is 24.4 Å². The van der Waals surface area contributed by atoms with Crippen LogP contribution in [0.15, 0.2) is 42.6 Å². The molecule has 3 aromatic rings. The van der Waals surface area contributed by atoms with Crippen LogP contribution in [0.4, 0.5) is 18.9 Å². The summed E-state index contributed by atoms with van der Waals surface area (Å²) in [7, 11) is 0. The maximum atomic E-state index is 13.0. The van der Waals surface area contributed by atoms with E-state index in [0.717, 1.165) is 17.5 Å². The van der Waals surface area contributed by atoms with Crippen LogP contribution in [-0.4, -0.2) is 16.1 Å². The van der Waals surface area contributed by atoms with Crippen molar-refractivity contribution in [2.45, 2.75) is 6.18 Å². The topological polar surface area (TPSA) is 57.8 Å². The van der Waals surface area contributed by atoms with E-state index < -0.39 is 23.2 Å². The Balaban J connectivity index is 1.97. The Hall–Kier alpha value is -2.54. The lowest BCUT2D eigenvalue weighted by molar-refractivity contribution is -0.137. The Morgan fingerprint density at radius 1 is 1.22 bits per heavy atom. The molecule has 0 fully saturated rings. The van der Waals surface area contributed by atoms with Crippen LogP contribution >= 0.6 is 11.6 Å². The number of benzene rings is 2. The number of rotatable bonds is 2. The van der Waals surface area contributed by atoms with Gasteiger partial charge in [0.25, 0.3) is 5.91 Å². The van der Waals surface area contributed by atoms with Crippen molar-refractivity contribution in [3.8, 4) is 0 Å². The van der Waals surface area contributed by atoms with Gasteiger partial charge in [0.2, 0.25) is 0 Å². The number of carbonyl (C=O) groups excluding carboxylic acids is 1. The maximum absolute atomic E-state index is 13.0. The average Bonchev–Trinajstić information content (AvgIpc) is 2.93. The summed E-state index contributed by atoms with van der Waals surface area (Å²) in [6.45, 7) is 0. The van der Waals surface area contributed by atoms with Gasteiger partial charge in [-0.1, -0.05) is 17.7 Å². The van der Waals surface area contributed by atoms with Crippen LogP contribution < -0.4 is 5.32 Å². The Morgan fingerprint density at radius 2 is 2.00 bits per heavy atom. The van der Waals surface area contributed by atoms with Crippen molar-refractivity contribution in [3.05, 3.63) is 58.7 Å². The number of alkyl halides is 3. The van der Waals surface area contributed by atoms with Crippen LogP contribution in [0.25, 0.3) is 10.9 Å². The summed E-state index contributed by atoms with van der Waals surface area (Å²) in [5.74, 6) is -0.929. The average molecular weight is 340 g/mol. The monoisotopic (exact) mass is 339 g/mol. The third kappa shape index (κ3) is 3.00. The number of hydrogen-bond acceptors (Lipinski definition) is 2. The van der Waals surface area contributed by atoms with Gasteiger partial charge in [-0.2, -0.15) is 18.3 Å². The summed E-state index contributed by atoms with van der Waals surface area (Å²) < 4.78 is 39.1. The van der Waals surface area contributed by atoms with E-state index in [1.807, 2.05) is 0 Å². The highest BCUT2D eigenvalue weighted by Gasteiger charge is 2.36. The van der Waals surface area contributed by atoms with Gasteiger partial charge in [-0.05, 0) is 30.3 Å². The Morgan fingerprint density at radius 3 is 2.74 bits per heavy atom. The number of aromatic nitrogens is 2. The van der Waals surface area contributed by atoms with Crippen LogP contribution in [0.5, 0.6) is 0 Å². The van der Waals surface area contributed by atoms with Gasteiger partial charge < -0.3 is 5.32 Å². The third-order valence-corrected chi connectivity index (χ3v) is 3.56. The van der Waals surface area contributed by atoms with Gasteiger partial charge in [-0.25, -0.2) is 0 Å². The van der Waals surface area contributed by atoms with Crippen molar-refractivity contribution >= 4 is 34.1 Å². The molecule has 23 heavy (non-hydrogen) atoms. The highest BCUT2D eigenvalue weighted by molar-refractivity contribution is 6.34. The van der Waals surface area contributed by atoms with Gasteiger partial charge in [0.15, 0.2) is 0 Å². The number of fused-ring (bicyclic) bond motifs is 1. The molecule has 0 spiro atoms. The molecule has 0 saturated heterocycles. The molecule has 1 amide bonds. The fraction of sp³-hybridized carbons (Fsp3) is 0.0667. The molecular weight excluding hydrogens is 331 g/mol. The smallest absolute Gasteiger partial charge is 0.322 e. The molecule has 1 heterocycles. The first kappa shape index (κ1) is 15.4. The first-order chi connectivity index (χ1) is 10.9. The zero-order valence-corrected chi connectivity index (χ0v) is 12.2. The molecule has 0 radical (unpaired) electrons. The van der Waals surface area contributed by atoms with E-state index in [4.69, 9.17) is 11.6 Å². The number of aromatic amines is 1. The molecule has 0 bridgehead atoms. The Labute approximate surface area is 133 Å². The largest absolute Gasteiger partial charge is 0.417 e. The van der Waals surface area contributed by atoms with Crippen molar-refractivity contribution in [1.82, 2.24) is 10.2 Å². The summed E-state index contributed by atoms with van der Waals surface area (Å²) in [5, 5.41) is 9.52. The fourth-order valence-electron chi connectivity index (χ4n) is 2.20. The normalized spacial score (nSPS) is 11.7. The first-order valence-corrected chi connectivity index (χ1v) is 6.84. The zero-order valence-electron chi connectivity index (χ0n) is 11.4. The molecule has 0 aliphatic carbocycles. The lowest BCUT2D eigenvalue weighted by Gasteiger charge is -2.14. The summed E-state index contributed by atoms with van der Waals surface area (Å²) in [5.41, 5.74) is -0.700. The molecule has 0 unspecified atom stereocenters. The van der Waals surface area contributed by atoms with E-state index in [2.05, 4.69) is 15.5 Å². The van der Waals surface area contributed by atoms with Crippen molar-refractivity contribution in [3.63, 3.8) is 0 Å². The minimum Gasteiger partial charge on any atom is -0.322 e. The second-order valence-electron chi connectivity index (χ2n) is 4.79. The van der Waals surface area contributed by atoms with E-state index in [-0.39, 0.29) is 5.02 Å². The number of carbonyl (C=O) groups is 1. The summed E-state index contributed by atoms with van der Waals surface area (Å²) in [4.78, 5) is 12.3. The van der Waals surface area contributed by atoms with Crippen LogP contribution in [0, 0.1) is 0 Å². The van der Waals surface area contributed by atoms with Gasteiger partial charge in [0.05, 0.1) is 27.9 Å². The Kier molecular flexibility index (Phi) is 3.73. The molecule has 4 nitrogen and oxygen atoms in total. The molecule has 2 aromatic carbocycles. The minimum atomic E-state index is -4.68. The molecular formula is C15H9ClF3N3O. The van der Waals surface area contributed by atoms with Crippen molar-refractivity contribution < 1.29 is 18.0 Å². The summed E-state index contributed by atoms with van der Waals surface area (Å²) in [6, 6.07) is 8.04. The number of amides is 1. The molecule has 118 valence electrons. The summed E-state index contributed by atoms with van der Waals surface area (Å²) in [6.07, 6.45) is -3.08. The number of nitrogens with zero attached hydrogens (tertiary/aromatic N) is 1. The van der Waals surface area contributed by atoms with Crippen LogP contribution in [0.2, 0.25) is 5.02 Å². The van der Waals surface area contributed by atoms with Gasteiger partial charge in [-0.3, -0.25) is 9.89 Å². The van der Waals surface area contributed by atoms with E-state index in [0.29, 0.717) is 11.2 Å². The minimum absolute atomic E-state index is 0.264. The van der Waals surface area contributed by atoms with Gasteiger partial charge in [-0.15, -0.1) is 0 Å². The first-order valence-electron chi connectivity index (χ1n) is 6.46. The van der Waals surface area contributed by atoms with Crippen molar-refractivity contribution in [2.24, 2.45) is 0 Å². The number of H-pyrrole nitrogens is 1. The standard InChI is InChI=1S/C15H9ClF3N3O/c16-11-3-1-2-10(15(17,18)19)13(11)14(23)21-9-5-4-8-7-20-22-12(8)6-9/h1-7H,(H,20,22)(H,21,23). The second kappa shape index (κ2) is 5.58. The predicted octanol–water partition coefficient (Wildman–Crippen LogP) is 4.49. The van der Waals surface area contributed by atoms with E-state index >= 15 is 0 Å². The van der Waals surface area contributed by atoms with E-state index in [9.17, 15) is 18.0 Å². The number of anilines is 1. The quantitative estimate of drug-likeness (QED) is 0.723. The molecule has 0 saturated carbocycles. The highest BCUT2D eigenvalue weighted by Crippen LogP contribution is 2.35. The number of hydrogen-bond donors (Lipinski definition) is 2. The molecule has 0 atom stereocenters. The molecule has 0 aliphatic heterocycles. The lowest BCUT2D eigenvalue weighted by Crippen LogP contribution is -2.19. The molecule has 0 aliphatic rings. The second-order valence-corrected chi connectivity index (χ2v) is 5.19. The number of nitrogens with one attached hydrogen (secondary N) is 2. The van der Waals surface area contributed by atoms with E-state index in [1.165, 1.54) is 6.07 Å². The number of halogens is 4. The van der Waals surface area contributed by atoms with Crippen molar-refractivity contribution in [2.75, 3.05) is 5.32 Å². The van der Waals surface area contributed by atoms with Crippen LogP contribution in [0.1, 0.15) is 15.9 Å². The molecule has 3 rings (SSSR count). The van der Waals surface area contributed by atoms with Crippen molar-refractivity contribution in [1.29, 1.82) is 0 Å². The lowest BCUT2D eigenvalue weighted by atomic mass is 10.1. The molecule has 2 N–H and O–H groups in total. The predicted molar refractivity (Wildman–Crippen MR) is 80.5 cm³/mol. The Bertz CT molecular complexity index is 889. The highest BCUT2D eigenvalue weighted by atomic mass is 35.5. The zero-order chi connectivity index (χ0) is 16.6. The van der Waals surface area contributed by atoms with Gasteiger partial charge in [0.1, 0.15) is 0 Å². The van der Waals surface area contributed by atoms with Crippen LogP contribution in [0.3, 0.4) is 0 Å². The third-order valence-electron chi connectivity index (χ3n) is 3.25. The fourth-order valence-corrected chi connectivity index (χ4v) is 2.46. The summed E-state index contributed by atoms with van der Waals surface area (Å²) >= 11 is 5.80. The SMILES string of the molecule is O=C(Nc1ccc2cn[nH]c2c1)c1c(Cl)cccc1C(F)(F)F. The van der Waals surface area contributed by atoms with Gasteiger partial charge in [0, 0.05) is 11.1 Å². The molecule has 1 aromatic heterocycles. The van der Waals surface area contributed by atoms with Gasteiger partial charge >= 0.3 is 6.18 Å².